The summed E-state index contributed by atoms with van der Waals surface area (Å²) in [6.07, 6.45) is 0.866. The number of carbonyl (C=O) groups excluding carboxylic acids is 1. The smallest absolute Gasteiger partial charge is 0.335 e. The molecule has 170 valence electrons. The SMILES string of the molecule is C=CC(=O)N1CCN(CC(Oc2ccc(C(=O)O)c(C)c2)c2ccc(C)c(F)c2)C[C@H]1C. The standard InChI is InChI=1S/C25H29FN2O4/c1-5-24(29)28-11-10-27(14-18(28)4)15-23(19-7-6-16(2)22(26)13-19)32-20-8-9-21(25(30)31)17(3)12-20/h5-9,12-13,18,23H,1,10-11,14-15H2,2-4H3,(H,30,31)/t18-,23?/m1/s1. The number of hydrogen-bond donors (Lipinski definition) is 1. The molecule has 1 aliphatic rings. The average Bonchev–Trinajstić information content (AvgIpc) is 2.74. The van der Waals surface area contributed by atoms with Gasteiger partial charge in [-0.05, 0) is 67.8 Å². The van der Waals surface area contributed by atoms with Gasteiger partial charge in [0.05, 0.1) is 5.56 Å². The Bertz CT molecular complexity index is 1020. The largest absolute Gasteiger partial charge is 0.484 e. The molecule has 1 fully saturated rings. The molecule has 1 unspecified atom stereocenters. The number of ether oxygens (including phenoxy) is 1. The molecule has 1 saturated heterocycles. The van der Waals surface area contributed by atoms with Crippen molar-refractivity contribution in [1.82, 2.24) is 9.80 Å². The van der Waals surface area contributed by atoms with Crippen LogP contribution < -0.4 is 4.74 Å². The quantitative estimate of drug-likeness (QED) is 0.660. The maximum absolute atomic E-state index is 14.3. The highest BCUT2D eigenvalue weighted by atomic mass is 19.1. The lowest BCUT2D eigenvalue weighted by atomic mass is 10.0. The van der Waals surface area contributed by atoms with Crippen LogP contribution in [0.2, 0.25) is 0 Å². The van der Waals surface area contributed by atoms with Crippen molar-refractivity contribution >= 4 is 11.9 Å². The summed E-state index contributed by atoms with van der Waals surface area (Å²) in [4.78, 5) is 27.3. The van der Waals surface area contributed by atoms with Crippen LogP contribution in [0.3, 0.4) is 0 Å². The lowest BCUT2D eigenvalue weighted by Crippen LogP contribution is -2.54. The Balaban J connectivity index is 1.83. The third-order valence-electron chi connectivity index (χ3n) is 5.87. The van der Waals surface area contributed by atoms with Gasteiger partial charge in [-0.25, -0.2) is 9.18 Å². The molecule has 0 aromatic heterocycles. The predicted octanol–water partition coefficient (Wildman–Crippen LogP) is 3.98. The van der Waals surface area contributed by atoms with Gasteiger partial charge in [0.1, 0.15) is 17.7 Å². The highest BCUT2D eigenvalue weighted by Crippen LogP contribution is 2.27. The summed E-state index contributed by atoms with van der Waals surface area (Å²) in [6, 6.07) is 9.90. The maximum Gasteiger partial charge on any atom is 0.335 e. The van der Waals surface area contributed by atoms with Crippen LogP contribution in [-0.2, 0) is 4.79 Å². The predicted molar refractivity (Wildman–Crippen MR) is 120 cm³/mol. The van der Waals surface area contributed by atoms with Gasteiger partial charge in [-0.2, -0.15) is 0 Å². The minimum absolute atomic E-state index is 0.0155. The monoisotopic (exact) mass is 440 g/mol. The number of carboxylic acid groups (broad SMARTS) is 1. The Hall–Kier alpha value is -3.19. The molecule has 1 amide bonds. The summed E-state index contributed by atoms with van der Waals surface area (Å²) in [7, 11) is 0. The molecule has 2 atom stereocenters. The summed E-state index contributed by atoms with van der Waals surface area (Å²) in [5, 5.41) is 9.27. The topological polar surface area (TPSA) is 70.1 Å². The van der Waals surface area contributed by atoms with Crippen LogP contribution in [0, 0.1) is 19.7 Å². The fraction of sp³-hybridized carbons (Fsp3) is 0.360. The molecular weight excluding hydrogens is 411 g/mol. The van der Waals surface area contributed by atoms with E-state index in [1.807, 2.05) is 13.0 Å². The van der Waals surface area contributed by atoms with Gasteiger partial charge in [0.25, 0.3) is 0 Å². The first-order valence-electron chi connectivity index (χ1n) is 10.6. The van der Waals surface area contributed by atoms with E-state index >= 15 is 0 Å². The Morgan fingerprint density at radius 3 is 2.56 bits per heavy atom. The van der Waals surface area contributed by atoms with Crippen LogP contribution in [0.25, 0.3) is 0 Å². The fourth-order valence-electron chi connectivity index (χ4n) is 4.01. The van der Waals surface area contributed by atoms with Crippen molar-refractivity contribution in [3.63, 3.8) is 0 Å². The highest BCUT2D eigenvalue weighted by Gasteiger charge is 2.28. The molecule has 2 aromatic carbocycles. The fourth-order valence-corrected chi connectivity index (χ4v) is 4.01. The van der Waals surface area contributed by atoms with Crippen molar-refractivity contribution in [3.8, 4) is 5.75 Å². The molecule has 0 aliphatic carbocycles. The Morgan fingerprint density at radius 2 is 1.97 bits per heavy atom. The second kappa shape index (κ2) is 9.96. The van der Waals surface area contributed by atoms with Crippen LogP contribution >= 0.6 is 0 Å². The van der Waals surface area contributed by atoms with E-state index in [-0.39, 0.29) is 23.3 Å². The number of nitrogens with zero attached hydrogens (tertiary/aromatic N) is 2. The van der Waals surface area contributed by atoms with Gasteiger partial charge in [0.15, 0.2) is 0 Å². The number of hydrogen-bond acceptors (Lipinski definition) is 4. The lowest BCUT2D eigenvalue weighted by Gasteiger charge is -2.40. The van der Waals surface area contributed by atoms with Gasteiger partial charge < -0.3 is 14.7 Å². The number of benzene rings is 2. The zero-order valence-electron chi connectivity index (χ0n) is 18.7. The summed E-state index contributed by atoms with van der Waals surface area (Å²) in [6.45, 7) is 11.4. The number of aromatic carboxylic acids is 1. The van der Waals surface area contributed by atoms with E-state index < -0.39 is 12.1 Å². The van der Waals surface area contributed by atoms with E-state index in [9.17, 15) is 19.1 Å². The maximum atomic E-state index is 14.3. The van der Waals surface area contributed by atoms with Gasteiger partial charge in [-0.3, -0.25) is 9.69 Å². The molecule has 0 radical (unpaired) electrons. The zero-order valence-corrected chi connectivity index (χ0v) is 18.7. The van der Waals surface area contributed by atoms with Crippen LogP contribution in [-0.4, -0.2) is 59.0 Å². The lowest BCUT2D eigenvalue weighted by molar-refractivity contribution is -0.130. The Morgan fingerprint density at radius 1 is 1.22 bits per heavy atom. The molecule has 0 spiro atoms. The molecule has 2 aromatic rings. The van der Waals surface area contributed by atoms with Crippen molar-refractivity contribution in [1.29, 1.82) is 0 Å². The second-order valence-corrected chi connectivity index (χ2v) is 8.24. The molecule has 1 N–H and O–H groups in total. The van der Waals surface area contributed by atoms with Crippen molar-refractivity contribution in [2.24, 2.45) is 0 Å². The molecular formula is C25H29FN2O4. The minimum Gasteiger partial charge on any atom is -0.484 e. The summed E-state index contributed by atoms with van der Waals surface area (Å²) in [5.41, 5.74) is 2.06. The first-order valence-corrected chi connectivity index (χ1v) is 10.6. The average molecular weight is 441 g/mol. The van der Waals surface area contributed by atoms with Crippen LogP contribution in [0.15, 0.2) is 49.1 Å². The molecule has 6 nitrogen and oxygen atoms in total. The van der Waals surface area contributed by atoms with Crippen molar-refractivity contribution < 1.29 is 23.8 Å². The van der Waals surface area contributed by atoms with Crippen molar-refractivity contribution in [2.75, 3.05) is 26.2 Å². The molecule has 0 saturated carbocycles. The number of amides is 1. The van der Waals surface area contributed by atoms with Crippen molar-refractivity contribution in [3.05, 3.63) is 77.1 Å². The number of aryl methyl sites for hydroxylation is 2. The number of carboxylic acids is 1. The summed E-state index contributed by atoms with van der Waals surface area (Å²) < 4.78 is 20.6. The molecule has 32 heavy (non-hydrogen) atoms. The van der Waals surface area contributed by atoms with E-state index in [1.165, 1.54) is 18.2 Å². The molecule has 1 heterocycles. The zero-order chi connectivity index (χ0) is 23.4. The molecule has 0 bridgehead atoms. The first kappa shape index (κ1) is 23.5. The van der Waals surface area contributed by atoms with Gasteiger partial charge in [-0.15, -0.1) is 0 Å². The Kier molecular flexibility index (Phi) is 7.30. The first-order chi connectivity index (χ1) is 15.2. The number of carbonyl (C=O) groups is 2. The van der Waals surface area contributed by atoms with Gasteiger partial charge in [0.2, 0.25) is 5.91 Å². The minimum atomic E-state index is -0.993. The second-order valence-electron chi connectivity index (χ2n) is 8.24. The van der Waals surface area contributed by atoms with Crippen LogP contribution in [0.4, 0.5) is 4.39 Å². The number of piperazine rings is 1. The van der Waals surface area contributed by atoms with Crippen molar-refractivity contribution in [2.45, 2.75) is 32.9 Å². The number of rotatable bonds is 7. The van der Waals surface area contributed by atoms with Gasteiger partial charge >= 0.3 is 5.97 Å². The third-order valence-corrected chi connectivity index (χ3v) is 5.87. The van der Waals surface area contributed by atoms with Gasteiger partial charge in [0, 0.05) is 32.2 Å². The number of halogens is 1. The normalized spacial score (nSPS) is 17.6. The van der Waals surface area contributed by atoms with E-state index in [1.54, 1.807) is 36.9 Å². The third kappa shape index (κ3) is 5.34. The molecule has 3 rings (SSSR count). The van der Waals surface area contributed by atoms with E-state index in [4.69, 9.17) is 4.74 Å². The van der Waals surface area contributed by atoms with E-state index in [0.717, 1.165) is 0 Å². The summed E-state index contributed by atoms with van der Waals surface area (Å²) >= 11 is 0. The van der Waals surface area contributed by atoms with Crippen LogP contribution in [0.5, 0.6) is 5.75 Å². The van der Waals surface area contributed by atoms with Crippen LogP contribution in [0.1, 0.15) is 40.1 Å². The van der Waals surface area contributed by atoms with Gasteiger partial charge in [-0.1, -0.05) is 18.7 Å². The van der Waals surface area contributed by atoms with E-state index in [2.05, 4.69) is 11.5 Å². The summed E-state index contributed by atoms with van der Waals surface area (Å²) in [5.74, 6) is -0.859. The highest BCUT2D eigenvalue weighted by molar-refractivity contribution is 5.89. The molecule has 1 aliphatic heterocycles. The molecule has 7 heteroatoms. The Labute approximate surface area is 187 Å². The van der Waals surface area contributed by atoms with E-state index in [0.29, 0.717) is 48.6 Å².